The van der Waals surface area contributed by atoms with Crippen molar-refractivity contribution in [2.75, 3.05) is 13.6 Å². The van der Waals surface area contributed by atoms with Gasteiger partial charge in [-0.25, -0.2) is 4.98 Å². The van der Waals surface area contributed by atoms with Crippen LogP contribution in [0, 0.1) is 5.92 Å². The highest BCUT2D eigenvalue weighted by molar-refractivity contribution is 6.33. The fourth-order valence-electron chi connectivity index (χ4n) is 1.36. The lowest BCUT2D eigenvalue weighted by atomic mass is 10.1. The number of rotatable bonds is 4. The molecule has 1 rings (SSSR count). The molecule has 0 saturated carbocycles. The van der Waals surface area contributed by atoms with Gasteiger partial charge in [-0.15, -0.1) is 0 Å². The molecule has 17 heavy (non-hydrogen) atoms. The molecule has 0 radical (unpaired) electrons. The number of hydrogen-bond acceptors (Lipinski definition) is 2. The Balaban J connectivity index is 2.74. The summed E-state index contributed by atoms with van der Waals surface area (Å²) >= 11 is 11.5. The SMILES string of the molecule is CC(C)CCN(C)C(=O)c1cc(Cl)nc(Cl)c1. The summed E-state index contributed by atoms with van der Waals surface area (Å²) < 4.78 is 0. The van der Waals surface area contributed by atoms with Crippen molar-refractivity contribution in [3.05, 3.63) is 28.0 Å². The van der Waals surface area contributed by atoms with E-state index in [1.165, 1.54) is 12.1 Å². The predicted molar refractivity (Wildman–Crippen MR) is 70.7 cm³/mol. The average Bonchev–Trinajstić information content (AvgIpc) is 2.23. The summed E-state index contributed by atoms with van der Waals surface area (Å²) in [7, 11) is 1.77. The molecule has 1 aromatic heterocycles. The minimum absolute atomic E-state index is 0.0862. The molecule has 0 aliphatic carbocycles. The minimum atomic E-state index is -0.0862. The molecule has 94 valence electrons. The van der Waals surface area contributed by atoms with Crippen LogP contribution in [0.1, 0.15) is 30.6 Å². The van der Waals surface area contributed by atoms with E-state index >= 15 is 0 Å². The van der Waals surface area contributed by atoms with E-state index in [0.717, 1.165) is 6.42 Å². The van der Waals surface area contributed by atoms with Crippen LogP contribution in [0.4, 0.5) is 0 Å². The highest BCUT2D eigenvalue weighted by Crippen LogP contribution is 2.16. The molecule has 0 N–H and O–H groups in total. The number of halogens is 2. The molecule has 0 aliphatic rings. The second-order valence-electron chi connectivity index (χ2n) is 4.41. The molecule has 0 spiro atoms. The van der Waals surface area contributed by atoms with Gasteiger partial charge in [-0.05, 0) is 24.5 Å². The molecule has 3 nitrogen and oxygen atoms in total. The summed E-state index contributed by atoms with van der Waals surface area (Å²) in [5, 5.41) is 0.469. The quantitative estimate of drug-likeness (QED) is 0.788. The Hall–Kier alpha value is -0.800. The van der Waals surface area contributed by atoms with E-state index < -0.39 is 0 Å². The predicted octanol–water partition coefficient (Wildman–Crippen LogP) is 3.51. The second-order valence-corrected chi connectivity index (χ2v) is 5.18. The van der Waals surface area contributed by atoms with Crippen molar-refractivity contribution in [2.24, 2.45) is 5.92 Å². The van der Waals surface area contributed by atoms with Crippen molar-refractivity contribution in [3.63, 3.8) is 0 Å². The third kappa shape index (κ3) is 4.52. The fourth-order valence-corrected chi connectivity index (χ4v) is 1.82. The highest BCUT2D eigenvalue weighted by Gasteiger charge is 2.13. The molecule has 1 heterocycles. The molecule has 0 aromatic carbocycles. The van der Waals surface area contributed by atoms with Gasteiger partial charge < -0.3 is 4.90 Å². The zero-order valence-electron chi connectivity index (χ0n) is 10.2. The highest BCUT2D eigenvalue weighted by atomic mass is 35.5. The number of nitrogens with zero attached hydrogens (tertiary/aromatic N) is 2. The third-order valence-electron chi connectivity index (χ3n) is 2.40. The lowest BCUT2D eigenvalue weighted by Crippen LogP contribution is -2.28. The lowest BCUT2D eigenvalue weighted by Gasteiger charge is -2.18. The van der Waals surface area contributed by atoms with Crippen LogP contribution in [-0.2, 0) is 0 Å². The van der Waals surface area contributed by atoms with Crippen molar-refractivity contribution >= 4 is 29.1 Å². The van der Waals surface area contributed by atoms with Crippen LogP contribution in [0.15, 0.2) is 12.1 Å². The van der Waals surface area contributed by atoms with E-state index in [1.54, 1.807) is 11.9 Å². The van der Waals surface area contributed by atoms with Crippen molar-refractivity contribution < 1.29 is 4.79 Å². The number of aromatic nitrogens is 1. The van der Waals surface area contributed by atoms with Crippen LogP contribution in [0.5, 0.6) is 0 Å². The molecule has 1 aromatic rings. The maximum atomic E-state index is 12.0. The lowest BCUT2D eigenvalue weighted by molar-refractivity contribution is 0.0789. The van der Waals surface area contributed by atoms with E-state index in [-0.39, 0.29) is 16.2 Å². The summed E-state index contributed by atoms with van der Waals surface area (Å²) in [4.78, 5) is 17.5. The van der Waals surface area contributed by atoms with E-state index in [4.69, 9.17) is 23.2 Å². The van der Waals surface area contributed by atoms with Gasteiger partial charge in [0.2, 0.25) is 0 Å². The van der Waals surface area contributed by atoms with E-state index in [1.807, 2.05) is 0 Å². The summed E-state index contributed by atoms with van der Waals surface area (Å²) in [6, 6.07) is 3.06. The average molecular weight is 275 g/mol. The summed E-state index contributed by atoms with van der Waals surface area (Å²) in [6.07, 6.45) is 0.967. The van der Waals surface area contributed by atoms with Crippen molar-refractivity contribution in [1.29, 1.82) is 0 Å². The normalized spacial score (nSPS) is 10.7. The van der Waals surface area contributed by atoms with Crippen LogP contribution < -0.4 is 0 Å². The second kappa shape index (κ2) is 6.22. The first kappa shape index (κ1) is 14.3. The van der Waals surface area contributed by atoms with Crippen LogP contribution in [0.3, 0.4) is 0 Å². The van der Waals surface area contributed by atoms with Crippen molar-refractivity contribution in [1.82, 2.24) is 9.88 Å². The molecule has 0 bridgehead atoms. The van der Waals surface area contributed by atoms with Gasteiger partial charge in [-0.2, -0.15) is 0 Å². The zero-order chi connectivity index (χ0) is 13.0. The Kier molecular flexibility index (Phi) is 5.22. The van der Waals surface area contributed by atoms with Crippen LogP contribution in [0.2, 0.25) is 10.3 Å². The molecular formula is C12H16Cl2N2O. The largest absolute Gasteiger partial charge is 0.342 e. The first-order chi connectivity index (χ1) is 7.90. The van der Waals surface area contributed by atoms with Gasteiger partial charge in [-0.1, -0.05) is 37.0 Å². The Labute approximate surface area is 112 Å². The fraction of sp³-hybridized carbons (Fsp3) is 0.500. The van der Waals surface area contributed by atoms with Crippen molar-refractivity contribution in [3.8, 4) is 0 Å². The standard InChI is InChI=1S/C12H16Cl2N2O/c1-8(2)4-5-16(3)12(17)9-6-10(13)15-11(14)7-9/h6-8H,4-5H2,1-3H3. The van der Waals surface area contributed by atoms with E-state index in [2.05, 4.69) is 18.8 Å². The van der Waals surface area contributed by atoms with Crippen LogP contribution in [0.25, 0.3) is 0 Å². The smallest absolute Gasteiger partial charge is 0.253 e. The topological polar surface area (TPSA) is 33.2 Å². The Morgan fingerprint density at radius 2 is 1.88 bits per heavy atom. The summed E-state index contributed by atoms with van der Waals surface area (Å²) in [5.41, 5.74) is 0.473. The third-order valence-corrected chi connectivity index (χ3v) is 2.79. The Morgan fingerprint density at radius 3 is 2.35 bits per heavy atom. The summed E-state index contributed by atoms with van der Waals surface area (Å²) in [6.45, 7) is 4.96. The number of hydrogen-bond donors (Lipinski definition) is 0. The minimum Gasteiger partial charge on any atom is -0.342 e. The first-order valence-corrected chi connectivity index (χ1v) is 6.24. The van der Waals surface area contributed by atoms with E-state index in [0.29, 0.717) is 18.0 Å². The number of carbonyl (C=O) groups is 1. The number of carbonyl (C=O) groups excluding carboxylic acids is 1. The van der Waals surface area contributed by atoms with Gasteiger partial charge in [0.25, 0.3) is 5.91 Å². The summed E-state index contributed by atoms with van der Waals surface area (Å²) in [5.74, 6) is 0.478. The van der Waals surface area contributed by atoms with Gasteiger partial charge >= 0.3 is 0 Å². The maximum absolute atomic E-state index is 12.0. The maximum Gasteiger partial charge on any atom is 0.253 e. The molecule has 1 amide bonds. The van der Waals surface area contributed by atoms with E-state index in [9.17, 15) is 4.79 Å². The number of pyridine rings is 1. The van der Waals surface area contributed by atoms with Gasteiger partial charge in [0, 0.05) is 19.2 Å². The van der Waals surface area contributed by atoms with Gasteiger partial charge in [0.1, 0.15) is 10.3 Å². The van der Waals surface area contributed by atoms with Gasteiger partial charge in [0.05, 0.1) is 0 Å². The molecule has 0 saturated heterocycles. The molecule has 5 heteroatoms. The molecule has 0 atom stereocenters. The Bertz CT molecular complexity index is 387. The monoisotopic (exact) mass is 274 g/mol. The van der Waals surface area contributed by atoms with Crippen LogP contribution >= 0.6 is 23.2 Å². The molecule has 0 unspecified atom stereocenters. The first-order valence-electron chi connectivity index (χ1n) is 5.48. The molecule has 0 aliphatic heterocycles. The van der Waals surface area contributed by atoms with Gasteiger partial charge in [0.15, 0.2) is 0 Å². The molecular weight excluding hydrogens is 259 g/mol. The van der Waals surface area contributed by atoms with Crippen LogP contribution in [-0.4, -0.2) is 29.4 Å². The van der Waals surface area contributed by atoms with Gasteiger partial charge in [-0.3, -0.25) is 4.79 Å². The molecule has 0 fully saturated rings. The number of amides is 1. The zero-order valence-corrected chi connectivity index (χ0v) is 11.7. The Morgan fingerprint density at radius 1 is 1.35 bits per heavy atom. The van der Waals surface area contributed by atoms with Crippen molar-refractivity contribution in [2.45, 2.75) is 20.3 Å².